The second kappa shape index (κ2) is 3.58. The van der Waals surface area contributed by atoms with E-state index in [2.05, 4.69) is 5.32 Å². The predicted molar refractivity (Wildman–Crippen MR) is 57.9 cm³/mol. The van der Waals surface area contributed by atoms with Crippen molar-refractivity contribution < 1.29 is 9.47 Å². The normalized spacial score (nSPS) is 18.5. The summed E-state index contributed by atoms with van der Waals surface area (Å²) in [5.41, 5.74) is 2.38. The number of benzene rings is 1. The minimum Gasteiger partial charge on any atom is -0.486 e. The number of halogens is 1. The van der Waals surface area contributed by atoms with E-state index < -0.39 is 0 Å². The van der Waals surface area contributed by atoms with Crippen LogP contribution in [0.25, 0.3) is 0 Å². The van der Waals surface area contributed by atoms with Gasteiger partial charge in [-0.3, -0.25) is 0 Å². The molecule has 3 rings (SSSR count). The van der Waals surface area contributed by atoms with Gasteiger partial charge in [-0.15, -0.1) is 0 Å². The standard InChI is InChI=1S/C11H12ClNO2/c12-9-5-10-11(15-4-3-14-10)7-1-2-13-6-8(7)9/h5,13H,1-4,6H2. The Balaban J connectivity index is 2.18. The molecule has 0 atom stereocenters. The Labute approximate surface area is 93.3 Å². The molecule has 80 valence electrons. The fourth-order valence-corrected chi connectivity index (χ4v) is 2.42. The summed E-state index contributed by atoms with van der Waals surface area (Å²) in [6.45, 7) is 3.04. The first kappa shape index (κ1) is 9.31. The second-order valence-electron chi connectivity index (χ2n) is 3.77. The molecule has 0 amide bonds. The Morgan fingerprint density at radius 3 is 3.00 bits per heavy atom. The van der Waals surface area contributed by atoms with Crippen molar-refractivity contribution in [1.82, 2.24) is 5.32 Å². The van der Waals surface area contributed by atoms with E-state index in [-0.39, 0.29) is 0 Å². The highest BCUT2D eigenvalue weighted by Gasteiger charge is 2.23. The van der Waals surface area contributed by atoms with Gasteiger partial charge in [0, 0.05) is 23.2 Å². The van der Waals surface area contributed by atoms with Crippen LogP contribution in [0.5, 0.6) is 11.5 Å². The van der Waals surface area contributed by atoms with Crippen LogP contribution in [-0.2, 0) is 13.0 Å². The largest absolute Gasteiger partial charge is 0.486 e. The highest BCUT2D eigenvalue weighted by molar-refractivity contribution is 6.31. The molecule has 0 aliphatic carbocycles. The van der Waals surface area contributed by atoms with Gasteiger partial charge in [-0.25, -0.2) is 0 Å². The molecule has 2 aliphatic heterocycles. The van der Waals surface area contributed by atoms with Crippen molar-refractivity contribution in [3.8, 4) is 11.5 Å². The lowest BCUT2D eigenvalue weighted by Gasteiger charge is -2.26. The number of hydrogen-bond acceptors (Lipinski definition) is 3. The third kappa shape index (κ3) is 1.46. The summed E-state index contributed by atoms with van der Waals surface area (Å²) >= 11 is 6.20. The summed E-state index contributed by atoms with van der Waals surface area (Å²) in [5.74, 6) is 1.70. The minimum absolute atomic E-state index is 0.611. The lowest BCUT2D eigenvalue weighted by molar-refractivity contribution is 0.169. The maximum atomic E-state index is 6.20. The molecule has 0 spiro atoms. The van der Waals surface area contributed by atoms with Crippen molar-refractivity contribution in [2.24, 2.45) is 0 Å². The van der Waals surface area contributed by atoms with Crippen molar-refractivity contribution in [2.45, 2.75) is 13.0 Å². The van der Waals surface area contributed by atoms with Gasteiger partial charge >= 0.3 is 0 Å². The van der Waals surface area contributed by atoms with Gasteiger partial charge in [0.1, 0.15) is 13.2 Å². The molecule has 2 heterocycles. The van der Waals surface area contributed by atoms with Gasteiger partial charge in [0.2, 0.25) is 0 Å². The zero-order chi connectivity index (χ0) is 10.3. The Bertz CT molecular complexity index is 406. The Morgan fingerprint density at radius 2 is 2.07 bits per heavy atom. The molecular formula is C11H12ClNO2. The van der Waals surface area contributed by atoms with E-state index in [9.17, 15) is 0 Å². The van der Waals surface area contributed by atoms with Crippen LogP contribution >= 0.6 is 11.6 Å². The van der Waals surface area contributed by atoms with E-state index in [0.29, 0.717) is 13.2 Å². The van der Waals surface area contributed by atoms with E-state index in [1.807, 2.05) is 6.07 Å². The summed E-state index contributed by atoms with van der Waals surface area (Å²) in [5, 5.41) is 4.09. The lowest BCUT2D eigenvalue weighted by Crippen LogP contribution is -2.26. The summed E-state index contributed by atoms with van der Waals surface area (Å²) in [6.07, 6.45) is 0.960. The zero-order valence-corrected chi connectivity index (χ0v) is 9.06. The number of fused-ring (bicyclic) bond motifs is 3. The minimum atomic E-state index is 0.611. The number of nitrogens with one attached hydrogen (secondary N) is 1. The summed E-state index contributed by atoms with van der Waals surface area (Å²) in [6, 6.07) is 1.86. The molecule has 2 aliphatic rings. The van der Waals surface area contributed by atoms with Crippen LogP contribution in [0.15, 0.2) is 6.07 Å². The van der Waals surface area contributed by atoms with Gasteiger partial charge in [-0.1, -0.05) is 11.6 Å². The van der Waals surface area contributed by atoms with Crippen LogP contribution in [0.4, 0.5) is 0 Å². The van der Waals surface area contributed by atoms with E-state index in [1.54, 1.807) is 0 Å². The maximum Gasteiger partial charge on any atom is 0.165 e. The van der Waals surface area contributed by atoms with Crippen LogP contribution in [0.1, 0.15) is 11.1 Å². The average molecular weight is 226 g/mol. The predicted octanol–water partition coefficient (Wildman–Crippen LogP) is 1.76. The van der Waals surface area contributed by atoms with Crippen LogP contribution in [0.3, 0.4) is 0 Å². The van der Waals surface area contributed by atoms with E-state index in [1.165, 1.54) is 5.56 Å². The first-order valence-corrected chi connectivity index (χ1v) is 5.54. The van der Waals surface area contributed by atoms with Gasteiger partial charge in [0.25, 0.3) is 0 Å². The van der Waals surface area contributed by atoms with Crippen molar-refractivity contribution in [3.63, 3.8) is 0 Å². The Morgan fingerprint density at radius 1 is 1.20 bits per heavy atom. The van der Waals surface area contributed by atoms with Gasteiger partial charge in [-0.2, -0.15) is 0 Å². The zero-order valence-electron chi connectivity index (χ0n) is 8.31. The molecule has 3 nitrogen and oxygen atoms in total. The fraction of sp³-hybridized carbons (Fsp3) is 0.455. The van der Waals surface area contributed by atoms with Gasteiger partial charge < -0.3 is 14.8 Å². The Hall–Kier alpha value is -0.930. The SMILES string of the molecule is Clc1cc2c(c3c1CNCC3)OCCO2. The molecule has 0 unspecified atom stereocenters. The summed E-state index contributed by atoms with van der Waals surface area (Å²) in [4.78, 5) is 0. The smallest absolute Gasteiger partial charge is 0.165 e. The van der Waals surface area contributed by atoms with E-state index >= 15 is 0 Å². The molecule has 0 bridgehead atoms. The summed E-state index contributed by atoms with van der Waals surface area (Å²) in [7, 11) is 0. The second-order valence-corrected chi connectivity index (χ2v) is 4.17. The third-order valence-corrected chi connectivity index (χ3v) is 3.19. The first-order chi connectivity index (χ1) is 7.36. The van der Waals surface area contributed by atoms with Crippen molar-refractivity contribution in [2.75, 3.05) is 19.8 Å². The molecule has 0 fully saturated rings. The highest BCUT2D eigenvalue weighted by atomic mass is 35.5. The third-order valence-electron chi connectivity index (χ3n) is 2.85. The van der Waals surface area contributed by atoms with Crippen molar-refractivity contribution >= 4 is 11.6 Å². The molecular weight excluding hydrogens is 214 g/mol. The van der Waals surface area contributed by atoms with Gasteiger partial charge in [-0.05, 0) is 18.5 Å². The van der Waals surface area contributed by atoms with Gasteiger partial charge in [0.15, 0.2) is 11.5 Å². The molecule has 15 heavy (non-hydrogen) atoms. The van der Waals surface area contributed by atoms with E-state index in [0.717, 1.165) is 41.6 Å². The molecule has 0 saturated carbocycles. The Kier molecular flexibility index (Phi) is 2.22. The number of rotatable bonds is 0. The van der Waals surface area contributed by atoms with E-state index in [4.69, 9.17) is 21.1 Å². The molecule has 4 heteroatoms. The van der Waals surface area contributed by atoms with Crippen LogP contribution < -0.4 is 14.8 Å². The average Bonchev–Trinajstić information content (AvgIpc) is 2.30. The van der Waals surface area contributed by atoms with Crippen LogP contribution in [0.2, 0.25) is 5.02 Å². The first-order valence-electron chi connectivity index (χ1n) is 5.17. The van der Waals surface area contributed by atoms with Crippen molar-refractivity contribution in [3.05, 3.63) is 22.2 Å². The highest BCUT2D eigenvalue weighted by Crippen LogP contribution is 2.41. The monoisotopic (exact) mass is 225 g/mol. The molecule has 1 N–H and O–H groups in total. The molecule has 1 aromatic rings. The number of hydrogen-bond donors (Lipinski definition) is 1. The number of ether oxygens (including phenoxy) is 2. The topological polar surface area (TPSA) is 30.5 Å². The molecule has 0 saturated heterocycles. The molecule has 0 aromatic heterocycles. The van der Waals surface area contributed by atoms with Gasteiger partial charge in [0.05, 0.1) is 0 Å². The fourth-order valence-electron chi connectivity index (χ4n) is 2.14. The quantitative estimate of drug-likeness (QED) is 0.730. The molecule has 1 aromatic carbocycles. The van der Waals surface area contributed by atoms with Crippen LogP contribution in [-0.4, -0.2) is 19.8 Å². The molecule has 0 radical (unpaired) electrons. The summed E-state index contributed by atoms with van der Waals surface area (Å²) < 4.78 is 11.2. The van der Waals surface area contributed by atoms with Crippen molar-refractivity contribution in [1.29, 1.82) is 0 Å². The maximum absolute atomic E-state index is 6.20. The van der Waals surface area contributed by atoms with Crippen LogP contribution in [0, 0.1) is 0 Å². The lowest BCUT2D eigenvalue weighted by atomic mass is 9.99.